The summed E-state index contributed by atoms with van der Waals surface area (Å²) < 4.78 is 7.99. The van der Waals surface area contributed by atoms with Crippen molar-refractivity contribution in [2.45, 2.75) is 6.61 Å². The minimum absolute atomic E-state index is 0.241. The molecule has 4 aromatic carbocycles. The van der Waals surface area contributed by atoms with Gasteiger partial charge in [0.25, 0.3) is 5.56 Å². The lowest BCUT2D eigenvalue weighted by atomic mass is 10.2. The van der Waals surface area contributed by atoms with Crippen molar-refractivity contribution in [2.24, 2.45) is 5.10 Å². The molecule has 0 saturated heterocycles. The van der Waals surface area contributed by atoms with Gasteiger partial charge in [-0.2, -0.15) is 9.78 Å². The predicted octanol–water partition coefficient (Wildman–Crippen LogP) is 7.59. The largest absolute Gasteiger partial charge is 0.488 e. The Labute approximate surface area is 225 Å². The molecule has 0 N–H and O–H groups in total. The maximum Gasteiger partial charge on any atom is 0.282 e. The molecule has 36 heavy (non-hydrogen) atoms. The molecule has 0 atom stereocenters. The molecule has 0 fully saturated rings. The molecule has 0 spiro atoms. The molecule has 0 unspecified atom stereocenters. The number of nitrogens with zero attached hydrogens (tertiary/aromatic N) is 3. The van der Waals surface area contributed by atoms with Gasteiger partial charge in [0.05, 0.1) is 21.6 Å². The van der Waals surface area contributed by atoms with Crippen LogP contribution in [-0.2, 0) is 6.61 Å². The van der Waals surface area contributed by atoms with Crippen molar-refractivity contribution in [3.05, 3.63) is 127 Å². The van der Waals surface area contributed by atoms with Crippen molar-refractivity contribution in [2.75, 3.05) is 0 Å². The first kappa shape index (κ1) is 24.3. The van der Waals surface area contributed by atoms with E-state index in [1.165, 1.54) is 4.68 Å². The molecule has 0 aliphatic rings. The van der Waals surface area contributed by atoms with E-state index < -0.39 is 0 Å². The Kier molecular flexibility index (Phi) is 7.18. The van der Waals surface area contributed by atoms with Crippen molar-refractivity contribution in [3.8, 4) is 17.1 Å². The molecule has 5 aromatic rings. The lowest BCUT2D eigenvalue weighted by Gasteiger charge is -2.11. The molecule has 0 aliphatic heterocycles. The number of halogens is 3. The van der Waals surface area contributed by atoms with E-state index in [9.17, 15) is 4.79 Å². The normalized spacial score (nSPS) is 11.3. The molecule has 0 radical (unpaired) electrons. The second-order valence-corrected chi connectivity index (χ2v) is 9.59. The number of hydrogen-bond acceptors (Lipinski definition) is 4. The van der Waals surface area contributed by atoms with Crippen LogP contribution in [-0.4, -0.2) is 15.9 Å². The third kappa shape index (κ3) is 5.21. The van der Waals surface area contributed by atoms with E-state index in [1.807, 2.05) is 72.8 Å². The number of fused-ring (bicyclic) bond motifs is 1. The summed E-state index contributed by atoms with van der Waals surface area (Å²) in [6.45, 7) is 0.292. The standard InChI is InChI=1S/C28H18BrCl2N3O2/c29-23-14-18(10-13-26(23)36-17-20-11-12-21(30)15-24(20)31)16-32-34-27(19-6-2-1-3-7-19)33-25-9-5-4-8-22(25)28(34)35/h1-16H,17H2. The second-order valence-electron chi connectivity index (χ2n) is 7.89. The van der Waals surface area contributed by atoms with Gasteiger partial charge in [-0.25, -0.2) is 4.98 Å². The van der Waals surface area contributed by atoms with Gasteiger partial charge in [-0.05, 0) is 64.0 Å². The summed E-state index contributed by atoms with van der Waals surface area (Å²) in [6.07, 6.45) is 1.62. The smallest absolute Gasteiger partial charge is 0.282 e. The number of ether oxygens (including phenoxy) is 1. The third-order valence-corrected chi connectivity index (χ3v) is 6.67. The van der Waals surface area contributed by atoms with Crippen LogP contribution in [0.5, 0.6) is 5.75 Å². The van der Waals surface area contributed by atoms with Crippen LogP contribution in [0.1, 0.15) is 11.1 Å². The van der Waals surface area contributed by atoms with Crippen molar-refractivity contribution in [3.63, 3.8) is 0 Å². The molecule has 178 valence electrons. The zero-order valence-corrected chi connectivity index (χ0v) is 21.8. The first-order valence-electron chi connectivity index (χ1n) is 11.0. The summed E-state index contributed by atoms with van der Waals surface area (Å²) in [7, 11) is 0. The van der Waals surface area contributed by atoms with Gasteiger partial charge >= 0.3 is 0 Å². The summed E-state index contributed by atoms with van der Waals surface area (Å²) in [6, 6.07) is 27.6. The van der Waals surface area contributed by atoms with Crippen molar-refractivity contribution >= 4 is 56.2 Å². The number of hydrogen-bond donors (Lipinski definition) is 0. The van der Waals surface area contributed by atoms with Gasteiger partial charge in [-0.3, -0.25) is 4.79 Å². The molecule has 1 heterocycles. The summed E-state index contributed by atoms with van der Waals surface area (Å²) >= 11 is 15.8. The average Bonchev–Trinajstić information content (AvgIpc) is 2.89. The molecular formula is C28H18BrCl2N3O2. The molecule has 0 amide bonds. The van der Waals surface area contributed by atoms with Crippen LogP contribution >= 0.6 is 39.1 Å². The van der Waals surface area contributed by atoms with Crippen molar-refractivity contribution in [1.29, 1.82) is 0 Å². The maximum absolute atomic E-state index is 13.3. The van der Waals surface area contributed by atoms with E-state index in [-0.39, 0.29) is 5.56 Å². The van der Waals surface area contributed by atoms with Crippen LogP contribution in [0.25, 0.3) is 22.3 Å². The summed E-state index contributed by atoms with van der Waals surface area (Å²) in [4.78, 5) is 18.0. The number of rotatable bonds is 6. The van der Waals surface area contributed by atoms with Crippen LogP contribution < -0.4 is 10.3 Å². The Morgan fingerprint density at radius 2 is 1.72 bits per heavy atom. The van der Waals surface area contributed by atoms with Crippen molar-refractivity contribution < 1.29 is 4.74 Å². The molecular weight excluding hydrogens is 561 g/mol. The Hall–Kier alpha value is -3.45. The van der Waals surface area contributed by atoms with Crippen molar-refractivity contribution in [1.82, 2.24) is 9.66 Å². The molecule has 5 nitrogen and oxygen atoms in total. The fourth-order valence-electron chi connectivity index (χ4n) is 3.64. The topological polar surface area (TPSA) is 56.5 Å². The lowest BCUT2D eigenvalue weighted by Crippen LogP contribution is -2.20. The SMILES string of the molecule is O=c1c2ccccc2nc(-c2ccccc2)n1N=Cc1ccc(OCc2ccc(Cl)cc2Cl)c(Br)c1. The first-order valence-corrected chi connectivity index (χ1v) is 12.5. The zero-order chi connectivity index (χ0) is 25.1. The van der Waals surface area contributed by atoms with E-state index >= 15 is 0 Å². The van der Waals surface area contributed by atoms with Gasteiger partial charge < -0.3 is 4.74 Å². The fourth-order valence-corrected chi connectivity index (χ4v) is 4.61. The van der Waals surface area contributed by atoms with Gasteiger partial charge in [0, 0.05) is 21.2 Å². The van der Waals surface area contributed by atoms with Gasteiger partial charge in [0.1, 0.15) is 12.4 Å². The summed E-state index contributed by atoms with van der Waals surface area (Å²) in [5, 5.41) is 6.13. The van der Waals surface area contributed by atoms with Gasteiger partial charge in [0.2, 0.25) is 0 Å². The zero-order valence-electron chi connectivity index (χ0n) is 18.7. The summed E-state index contributed by atoms with van der Waals surface area (Å²) in [5.41, 5.74) is 2.78. The predicted molar refractivity (Wildman–Crippen MR) is 149 cm³/mol. The fraction of sp³-hybridized carbons (Fsp3) is 0.0357. The highest BCUT2D eigenvalue weighted by Gasteiger charge is 2.12. The van der Waals surface area contributed by atoms with Crippen LogP contribution in [0.15, 0.2) is 105 Å². The maximum atomic E-state index is 13.3. The summed E-state index contributed by atoms with van der Waals surface area (Å²) in [5.74, 6) is 1.11. The number of benzene rings is 4. The molecule has 0 bridgehead atoms. The van der Waals surface area contributed by atoms with Gasteiger partial charge in [-0.1, -0.05) is 71.7 Å². The first-order chi connectivity index (χ1) is 17.5. The van der Waals surface area contributed by atoms with E-state index in [0.717, 1.165) is 21.2 Å². The van der Waals surface area contributed by atoms with E-state index in [4.69, 9.17) is 32.9 Å². The Bertz CT molecular complexity index is 1650. The molecule has 0 saturated carbocycles. The molecule has 8 heteroatoms. The van der Waals surface area contributed by atoms with Crippen LogP contribution in [0.3, 0.4) is 0 Å². The molecule has 5 rings (SSSR count). The quantitative estimate of drug-likeness (QED) is 0.195. The molecule has 1 aromatic heterocycles. The van der Waals surface area contributed by atoms with Crippen LogP contribution in [0.4, 0.5) is 0 Å². The van der Waals surface area contributed by atoms with Crippen LogP contribution in [0.2, 0.25) is 10.0 Å². The monoisotopic (exact) mass is 577 g/mol. The van der Waals surface area contributed by atoms with E-state index in [1.54, 1.807) is 24.4 Å². The number of aromatic nitrogens is 2. The Morgan fingerprint density at radius 1 is 0.944 bits per heavy atom. The van der Waals surface area contributed by atoms with E-state index in [0.29, 0.717) is 39.1 Å². The number of para-hydroxylation sites is 1. The van der Waals surface area contributed by atoms with E-state index in [2.05, 4.69) is 21.0 Å². The third-order valence-electron chi connectivity index (χ3n) is 5.46. The lowest BCUT2D eigenvalue weighted by molar-refractivity contribution is 0.304. The van der Waals surface area contributed by atoms with Crippen LogP contribution in [0, 0.1) is 0 Å². The highest BCUT2D eigenvalue weighted by molar-refractivity contribution is 9.10. The van der Waals surface area contributed by atoms with Gasteiger partial charge in [0.15, 0.2) is 5.82 Å². The van der Waals surface area contributed by atoms with Gasteiger partial charge in [-0.15, -0.1) is 0 Å². The highest BCUT2D eigenvalue weighted by atomic mass is 79.9. The Balaban J connectivity index is 1.45. The second kappa shape index (κ2) is 10.7. The molecule has 0 aliphatic carbocycles. The minimum Gasteiger partial charge on any atom is -0.488 e. The Morgan fingerprint density at radius 3 is 2.50 bits per heavy atom. The highest BCUT2D eigenvalue weighted by Crippen LogP contribution is 2.28. The minimum atomic E-state index is -0.241. The average molecular weight is 579 g/mol.